The van der Waals surface area contributed by atoms with E-state index in [2.05, 4.69) is 4.72 Å². The molecule has 1 aromatic rings. The average molecular weight is 308 g/mol. The topological polar surface area (TPSA) is 83.5 Å². The summed E-state index contributed by atoms with van der Waals surface area (Å²) >= 11 is 6.79. The number of hydrogen-bond donors (Lipinski definition) is 2. The molecule has 0 aromatic carbocycles. The largest absolute Gasteiger partial charge is 0.481 e. The standard InChI is InChI=1S/C10H10ClNO4S2/c11-8-3-4-17-10(8)18(15,16)12-7-2-1-6(5-7)9(13)14/h1-4,6-7,12H,5H2,(H,13,14). The summed E-state index contributed by atoms with van der Waals surface area (Å²) in [6.45, 7) is 0. The van der Waals surface area contributed by atoms with E-state index in [1.54, 1.807) is 11.5 Å². The van der Waals surface area contributed by atoms with Gasteiger partial charge in [0.15, 0.2) is 4.21 Å². The molecular weight excluding hydrogens is 298 g/mol. The Morgan fingerprint density at radius 1 is 1.50 bits per heavy atom. The van der Waals surface area contributed by atoms with Gasteiger partial charge in [0, 0.05) is 6.04 Å². The Morgan fingerprint density at radius 2 is 2.22 bits per heavy atom. The van der Waals surface area contributed by atoms with Gasteiger partial charge < -0.3 is 5.11 Å². The first-order valence-electron chi connectivity index (χ1n) is 5.06. The normalized spacial score (nSPS) is 23.4. The van der Waals surface area contributed by atoms with Crippen LogP contribution >= 0.6 is 22.9 Å². The predicted octanol–water partition coefficient (Wildman–Crippen LogP) is 1.71. The van der Waals surface area contributed by atoms with Crippen LogP contribution in [0.4, 0.5) is 0 Å². The number of sulfonamides is 1. The van der Waals surface area contributed by atoms with Crippen molar-refractivity contribution in [2.24, 2.45) is 5.92 Å². The van der Waals surface area contributed by atoms with Gasteiger partial charge in [-0.1, -0.05) is 23.8 Å². The van der Waals surface area contributed by atoms with E-state index in [0.29, 0.717) is 0 Å². The van der Waals surface area contributed by atoms with Crippen LogP contribution in [0.5, 0.6) is 0 Å². The van der Waals surface area contributed by atoms with Crippen molar-refractivity contribution in [2.45, 2.75) is 16.7 Å². The lowest BCUT2D eigenvalue weighted by atomic mass is 10.1. The highest BCUT2D eigenvalue weighted by Crippen LogP contribution is 2.28. The minimum Gasteiger partial charge on any atom is -0.481 e. The molecule has 98 valence electrons. The van der Waals surface area contributed by atoms with Crippen LogP contribution in [0.25, 0.3) is 0 Å². The number of halogens is 1. The number of carbonyl (C=O) groups is 1. The molecule has 1 aliphatic carbocycles. The Kier molecular flexibility index (Phi) is 3.76. The molecule has 0 radical (unpaired) electrons. The first-order chi connectivity index (χ1) is 8.40. The third-order valence-corrected chi connectivity index (χ3v) is 6.05. The van der Waals surface area contributed by atoms with Gasteiger partial charge >= 0.3 is 5.97 Å². The second-order valence-corrected chi connectivity index (χ2v) is 7.08. The molecule has 0 saturated carbocycles. The third kappa shape index (κ3) is 2.74. The highest BCUT2D eigenvalue weighted by Gasteiger charge is 2.29. The van der Waals surface area contributed by atoms with E-state index in [1.165, 1.54) is 12.1 Å². The van der Waals surface area contributed by atoms with E-state index in [9.17, 15) is 13.2 Å². The Morgan fingerprint density at radius 3 is 2.72 bits per heavy atom. The van der Waals surface area contributed by atoms with Gasteiger partial charge in [0.1, 0.15) is 0 Å². The van der Waals surface area contributed by atoms with Crippen LogP contribution in [0.1, 0.15) is 6.42 Å². The molecule has 5 nitrogen and oxygen atoms in total. The second-order valence-electron chi connectivity index (χ2n) is 3.85. The van der Waals surface area contributed by atoms with E-state index in [-0.39, 0.29) is 15.7 Å². The minimum atomic E-state index is -3.69. The number of nitrogens with one attached hydrogen (secondary N) is 1. The summed E-state index contributed by atoms with van der Waals surface area (Å²) in [6.07, 6.45) is 3.26. The fraction of sp³-hybridized carbons (Fsp3) is 0.300. The molecule has 8 heteroatoms. The van der Waals surface area contributed by atoms with Crippen molar-refractivity contribution >= 4 is 38.9 Å². The molecule has 0 spiro atoms. The molecule has 0 fully saturated rings. The van der Waals surface area contributed by atoms with Gasteiger partial charge in [-0.3, -0.25) is 4.79 Å². The highest BCUT2D eigenvalue weighted by atomic mass is 35.5. The summed E-state index contributed by atoms with van der Waals surface area (Å²) in [5.41, 5.74) is 0. The maximum atomic E-state index is 12.0. The Labute approximate surface area is 113 Å². The SMILES string of the molecule is O=C(O)C1C=CC(NS(=O)(=O)c2sccc2Cl)C1. The average Bonchev–Trinajstić information content (AvgIpc) is 2.86. The minimum absolute atomic E-state index is 0.0522. The molecule has 18 heavy (non-hydrogen) atoms. The smallest absolute Gasteiger partial charge is 0.310 e. The fourth-order valence-corrected chi connectivity index (χ4v) is 4.60. The summed E-state index contributed by atoms with van der Waals surface area (Å²) in [4.78, 5) is 10.7. The molecular formula is C10H10ClNO4S2. The summed E-state index contributed by atoms with van der Waals surface area (Å²) in [7, 11) is -3.69. The van der Waals surface area contributed by atoms with Gasteiger partial charge in [-0.15, -0.1) is 11.3 Å². The molecule has 2 unspecified atom stereocenters. The highest BCUT2D eigenvalue weighted by molar-refractivity contribution is 7.91. The van der Waals surface area contributed by atoms with E-state index in [1.807, 2.05) is 0 Å². The summed E-state index contributed by atoms with van der Waals surface area (Å²) < 4.78 is 26.4. The van der Waals surface area contributed by atoms with Crippen molar-refractivity contribution in [3.63, 3.8) is 0 Å². The number of carboxylic acids is 1. The van der Waals surface area contributed by atoms with Crippen LogP contribution in [0, 0.1) is 5.92 Å². The van der Waals surface area contributed by atoms with Crippen molar-refractivity contribution in [1.82, 2.24) is 4.72 Å². The second kappa shape index (κ2) is 5.00. The van der Waals surface area contributed by atoms with E-state index >= 15 is 0 Å². The lowest BCUT2D eigenvalue weighted by Crippen LogP contribution is -2.33. The third-order valence-electron chi connectivity index (χ3n) is 2.54. The van der Waals surface area contributed by atoms with E-state index < -0.39 is 28.0 Å². The maximum absolute atomic E-state index is 12.0. The van der Waals surface area contributed by atoms with E-state index in [4.69, 9.17) is 16.7 Å². The molecule has 2 N–H and O–H groups in total. The zero-order valence-corrected chi connectivity index (χ0v) is 11.4. The van der Waals surface area contributed by atoms with Crippen LogP contribution in [-0.4, -0.2) is 25.5 Å². The molecule has 2 rings (SSSR count). The summed E-state index contributed by atoms with van der Waals surface area (Å²) in [6, 6.07) is 1.000. The van der Waals surface area contributed by atoms with Gasteiger partial charge in [0.2, 0.25) is 0 Å². The Hall–Kier alpha value is -0.890. The first kappa shape index (κ1) is 13.5. The lowest BCUT2D eigenvalue weighted by molar-refractivity contribution is -0.140. The van der Waals surface area contributed by atoms with Crippen LogP contribution in [-0.2, 0) is 14.8 Å². The Bertz CT molecular complexity index is 593. The lowest BCUT2D eigenvalue weighted by Gasteiger charge is -2.11. The zero-order valence-electron chi connectivity index (χ0n) is 9.04. The number of aliphatic carboxylic acids is 1. The van der Waals surface area contributed by atoms with Crippen LogP contribution < -0.4 is 4.72 Å². The first-order valence-corrected chi connectivity index (χ1v) is 7.80. The number of carboxylic acid groups (broad SMARTS) is 1. The predicted molar refractivity (Wildman–Crippen MR) is 68.3 cm³/mol. The molecule has 1 aromatic heterocycles. The number of rotatable bonds is 4. The Balaban J connectivity index is 2.10. The van der Waals surface area contributed by atoms with Gasteiger partial charge in [-0.25, -0.2) is 13.1 Å². The number of hydrogen-bond acceptors (Lipinski definition) is 4. The molecule has 0 amide bonds. The van der Waals surface area contributed by atoms with Crippen molar-refractivity contribution in [3.05, 3.63) is 28.6 Å². The maximum Gasteiger partial charge on any atom is 0.310 e. The van der Waals surface area contributed by atoms with Gasteiger partial charge in [-0.05, 0) is 17.9 Å². The molecule has 0 bridgehead atoms. The van der Waals surface area contributed by atoms with Crippen molar-refractivity contribution in [2.75, 3.05) is 0 Å². The van der Waals surface area contributed by atoms with Crippen LogP contribution in [0.3, 0.4) is 0 Å². The fourth-order valence-electron chi connectivity index (χ4n) is 1.69. The van der Waals surface area contributed by atoms with Crippen molar-refractivity contribution < 1.29 is 18.3 Å². The van der Waals surface area contributed by atoms with Gasteiger partial charge in [0.05, 0.1) is 10.9 Å². The molecule has 1 heterocycles. The van der Waals surface area contributed by atoms with Crippen molar-refractivity contribution in [1.29, 1.82) is 0 Å². The van der Waals surface area contributed by atoms with Crippen LogP contribution in [0.15, 0.2) is 27.8 Å². The molecule has 2 atom stereocenters. The van der Waals surface area contributed by atoms with Crippen molar-refractivity contribution in [3.8, 4) is 0 Å². The monoisotopic (exact) mass is 307 g/mol. The molecule has 1 aliphatic rings. The molecule has 0 aliphatic heterocycles. The summed E-state index contributed by atoms with van der Waals surface area (Å²) in [5.74, 6) is -1.60. The molecule has 0 saturated heterocycles. The zero-order chi connectivity index (χ0) is 13.3. The quantitative estimate of drug-likeness (QED) is 0.829. The van der Waals surface area contributed by atoms with Gasteiger partial charge in [0.25, 0.3) is 10.0 Å². The van der Waals surface area contributed by atoms with Crippen LogP contribution in [0.2, 0.25) is 5.02 Å². The van der Waals surface area contributed by atoms with E-state index in [0.717, 1.165) is 11.3 Å². The van der Waals surface area contributed by atoms with Gasteiger partial charge in [-0.2, -0.15) is 0 Å². The number of thiophene rings is 1. The summed E-state index contributed by atoms with van der Waals surface area (Å²) in [5, 5.41) is 10.6.